The second-order valence-corrected chi connectivity index (χ2v) is 7.21. The Balaban J connectivity index is 1.36. The van der Waals surface area contributed by atoms with E-state index in [0.29, 0.717) is 24.6 Å². The number of benzene rings is 1. The number of aromatic nitrogens is 1. The summed E-state index contributed by atoms with van der Waals surface area (Å²) in [6, 6.07) is 7.48. The molecule has 2 atom stereocenters. The number of hydrogen-bond acceptors (Lipinski definition) is 6. The average molecular weight is 371 g/mol. The smallest absolute Gasteiger partial charge is 0.267 e. The monoisotopic (exact) mass is 371 g/mol. The van der Waals surface area contributed by atoms with Crippen LogP contribution in [0.2, 0.25) is 0 Å². The van der Waals surface area contributed by atoms with Crippen LogP contribution in [0.5, 0.6) is 11.5 Å². The Hall–Kier alpha value is -2.54. The summed E-state index contributed by atoms with van der Waals surface area (Å²) in [6.07, 6.45) is -0.915. The van der Waals surface area contributed by atoms with E-state index in [-0.39, 0.29) is 12.0 Å². The topological polar surface area (TPSA) is 68.0 Å². The molecule has 0 N–H and O–H groups in total. The van der Waals surface area contributed by atoms with Crippen molar-refractivity contribution in [3.8, 4) is 11.5 Å². The Morgan fingerprint density at radius 2 is 1.78 bits per heavy atom. The number of piperazine rings is 1. The maximum absolute atomic E-state index is 13.0. The van der Waals surface area contributed by atoms with Gasteiger partial charge in [-0.1, -0.05) is 17.3 Å². The van der Waals surface area contributed by atoms with Crippen LogP contribution in [0.3, 0.4) is 0 Å². The van der Waals surface area contributed by atoms with Crippen LogP contribution in [-0.4, -0.2) is 59.3 Å². The van der Waals surface area contributed by atoms with Gasteiger partial charge in [0, 0.05) is 38.3 Å². The van der Waals surface area contributed by atoms with Gasteiger partial charge in [-0.25, -0.2) is 0 Å². The number of amides is 1. The number of ether oxygens (including phenoxy) is 2. The lowest BCUT2D eigenvalue weighted by Crippen LogP contribution is -2.55. The third kappa shape index (κ3) is 3.51. The van der Waals surface area contributed by atoms with Crippen molar-refractivity contribution >= 4 is 5.91 Å². The molecule has 7 heteroatoms. The first-order valence-corrected chi connectivity index (χ1v) is 9.38. The zero-order valence-corrected chi connectivity index (χ0v) is 16.0. The Morgan fingerprint density at radius 3 is 2.41 bits per heavy atom. The number of carbonyl (C=O) groups is 1. The molecule has 144 valence electrons. The maximum atomic E-state index is 13.0. The van der Waals surface area contributed by atoms with Gasteiger partial charge in [0.15, 0.2) is 11.5 Å². The Kier molecular flexibility index (Phi) is 4.78. The third-order valence-corrected chi connectivity index (χ3v) is 5.33. The highest BCUT2D eigenvalue weighted by Gasteiger charge is 2.37. The molecule has 2 unspecified atom stereocenters. The van der Waals surface area contributed by atoms with Gasteiger partial charge in [-0.2, -0.15) is 0 Å². The summed E-state index contributed by atoms with van der Waals surface area (Å²) in [5.74, 6) is 2.18. The molecule has 2 aliphatic rings. The van der Waals surface area contributed by atoms with Crippen molar-refractivity contribution < 1.29 is 18.8 Å². The molecule has 0 spiro atoms. The van der Waals surface area contributed by atoms with E-state index in [1.165, 1.54) is 0 Å². The van der Waals surface area contributed by atoms with Gasteiger partial charge in [-0.15, -0.1) is 0 Å². The van der Waals surface area contributed by atoms with E-state index >= 15 is 0 Å². The molecule has 1 fully saturated rings. The van der Waals surface area contributed by atoms with Gasteiger partial charge in [0.1, 0.15) is 11.9 Å². The van der Waals surface area contributed by atoms with Crippen molar-refractivity contribution in [1.29, 1.82) is 0 Å². The fourth-order valence-corrected chi connectivity index (χ4v) is 3.65. The van der Waals surface area contributed by atoms with E-state index in [1.54, 1.807) is 0 Å². The van der Waals surface area contributed by atoms with E-state index in [2.05, 4.69) is 10.1 Å². The number of rotatable bonds is 3. The fraction of sp³-hybridized carbons (Fsp3) is 0.500. The average Bonchev–Trinajstić information content (AvgIpc) is 2.99. The van der Waals surface area contributed by atoms with Crippen molar-refractivity contribution in [3.63, 3.8) is 0 Å². The van der Waals surface area contributed by atoms with E-state index in [1.807, 2.05) is 49.9 Å². The van der Waals surface area contributed by atoms with Gasteiger partial charge in [0.05, 0.1) is 5.69 Å². The van der Waals surface area contributed by atoms with Crippen LogP contribution in [0.15, 0.2) is 28.8 Å². The van der Waals surface area contributed by atoms with Crippen molar-refractivity contribution in [1.82, 2.24) is 15.0 Å². The van der Waals surface area contributed by atoms with E-state index in [0.717, 1.165) is 36.7 Å². The van der Waals surface area contributed by atoms with Crippen molar-refractivity contribution in [2.45, 2.75) is 39.5 Å². The summed E-state index contributed by atoms with van der Waals surface area (Å²) in [5, 5.41) is 4.02. The minimum atomic E-state index is -0.603. The molecule has 4 rings (SSSR count). The standard InChI is InChI=1S/C20H25N3O4/c1-13-16(14(2)27-21-13)12-22-8-10-23(11-9-22)20(24)19-15(3)25-17-6-4-5-7-18(17)26-19/h4-7,15,19H,8-12H2,1-3H3. The molecule has 1 aromatic heterocycles. The fourth-order valence-electron chi connectivity index (χ4n) is 3.65. The normalized spacial score (nSPS) is 22.7. The van der Waals surface area contributed by atoms with Crippen LogP contribution in [0.25, 0.3) is 0 Å². The lowest BCUT2D eigenvalue weighted by atomic mass is 10.1. The molecule has 7 nitrogen and oxygen atoms in total. The van der Waals surface area contributed by atoms with E-state index in [4.69, 9.17) is 14.0 Å². The Bertz CT molecular complexity index is 807. The van der Waals surface area contributed by atoms with Gasteiger partial charge in [0.2, 0.25) is 6.10 Å². The van der Waals surface area contributed by atoms with E-state index < -0.39 is 6.10 Å². The highest BCUT2D eigenvalue weighted by atomic mass is 16.6. The van der Waals surface area contributed by atoms with Crippen LogP contribution in [0.1, 0.15) is 23.9 Å². The summed E-state index contributed by atoms with van der Waals surface area (Å²) in [6.45, 7) is 9.57. The first-order chi connectivity index (χ1) is 13.0. The zero-order valence-electron chi connectivity index (χ0n) is 16.0. The SMILES string of the molecule is Cc1noc(C)c1CN1CCN(C(=O)C2Oc3ccccc3OC2C)CC1. The molecule has 27 heavy (non-hydrogen) atoms. The van der Waals surface area contributed by atoms with Crippen LogP contribution >= 0.6 is 0 Å². The predicted molar refractivity (Wildman–Crippen MR) is 98.8 cm³/mol. The maximum Gasteiger partial charge on any atom is 0.267 e. The number of nitrogens with zero attached hydrogens (tertiary/aromatic N) is 3. The number of hydrogen-bond donors (Lipinski definition) is 0. The molecular weight excluding hydrogens is 346 g/mol. The lowest BCUT2D eigenvalue weighted by molar-refractivity contribution is -0.146. The van der Waals surface area contributed by atoms with Crippen molar-refractivity contribution in [2.24, 2.45) is 0 Å². The van der Waals surface area contributed by atoms with Gasteiger partial charge < -0.3 is 18.9 Å². The molecule has 2 aromatic rings. The molecule has 1 amide bonds. The number of fused-ring (bicyclic) bond motifs is 1. The summed E-state index contributed by atoms with van der Waals surface area (Å²) in [7, 11) is 0. The molecule has 1 aromatic carbocycles. The van der Waals surface area contributed by atoms with Gasteiger partial charge in [-0.3, -0.25) is 9.69 Å². The molecule has 3 heterocycles. The molecule has 1 saturated heterocycles. The van der Waals surface area contributed by atoms with Crippen LogP contribution in [0.4, 0.5) is 0 Å². The molecule has 0 aliphatic carbocycles. The Morgan fingerprint density at radius 1 is 1.11 bits per heavy atom. The molecular formula is C20H25N3O4. The second-order valence-electron chi connectivity index (χ2n) is 7.21. The van der Waals surface area contributed by atoms with Crippen molar-refractivity contribution in [2.75, 3.05) is 26.2 Å². The molecule has 0 saturated carbocycles. The minimum Gasteiger partial charge on any atom is -0.482 e. The lowest BCUT2D eigenvalue weighted by Gasteiger charge is -2.38. The summed E-state index contributed by atoms with van der Waals surface area (Å²) in [5.41, 5.74) is 2.08. The molecule has 0 radical (unpaired) electrons. The highest BCUT2D eigenvalue weighted by molar-refractivity contribution is 5.82. The second kappa shape index (κ2) is 7.23. The first kappa shape index (κ1) is 17.9. The van der Waals surface area contributed by atoms with Crippen LogP contribution in [-0.2, 0) is 11.3 Å². The van der Waals surface area contributed by atoms with Crippen LogP contribution in [0, 0.1) is 13.8 Å². The van der Waals surface area contributed by atoms with Gasteiger partial charge in [-0.05, 0) is 32.9 Å². The first-order valence-electron chi connectivity index (χ1n) is 9.38. The quantitative estimate of drug-likeness (QED) is 0.824. The number of carbonyl (C=O) groups excluding carboxylic acids is 1. The molecule has 2 aliphatic heterocycles. The summed E-state index contributed by atoms with van der Waals surface area (Å²) < 4.78 is 17.1. The number of aryl methyl sites for hydroxylation is 2. The molecule has 0 bridgehead atoms. The van der Waals surface area contributed by atoms with Crippen molar-refractivity contribution in [3.05, 3.63) is 41.3 Å². The highest BCUT2D eigenvalue weighted by Crippen LogP contribution is 2.34. The largest absolute Gasteiger partial charge is 0.482 e. The van der Waals surface area contributed by atoms with Gasteiger partial charge in [0.25, 0.3) is 5.91 Å². The summed E-state index contributed by atoms with van der Waals surface area (Å²) >= 11 is 0. The Labute approximate surface area is 158 Å². The van der Waals surface area contributed by atoms with Gasteiger partial charge >= 0.3 is 0 Å². The minimum absolute atomic E-state index is 0.00556. The van der Waals surface area contributed by atoms with E-state index in [9.17, 15) is 4.79 Å². The zero-order chi connectivity index (χ0) is 19.0. The predicted octanol–water partition coefficient (Wildman–Crippen LogP) is 2.16. The van der Waals surface area contributed by atoms with Crippen LogP contribution < -0.4 is 9.47 Å². The number of para-hydroxylation sites is 2. The summed E-state index contributed by atoms with van der Waals surface area (Å²) in [4.78, 5) is 17.2. The third-order valence-electron chi connectivity index (χ3n) is 5.33.